The summed E-state index contributed by atoms with van der Waals surface area (Å²) in [5.74, 6) is -0.862. The summed E-state index contributed by atoms with van der Waals surface area (Å²) in [6, 6.07) is 4.57. The molecule has 2 amide bonds. The molecule has 114 valence electrons. The summed E-state index contributed by atoms with van der Waals surface area (Å²) in [6.45, 7) is 2.00. The summed E-state index contributed by atoms with van der Waals surface area (Å²) in [7, 11) is 0. The fourth-order valence-electron chi connectivity index (χ4n) is 2.09. The first-order chi connectivity index (χ1) is 9.95. The SMILES string of the molecule is O=C(O)CN1CCN(C(=O)Nc2cc(Cl)ccc2Cl)CC1. The Morgan fingerprint density at radius 3 is 2.48 bits per heavy atom. The van der Waals surface area contributed by atoms with Crippen LogP contribution >= 0.6 is 23.2 Å². The minimum absolute atomic E-state index is 0.00438. The molecule has 21 heavy (non-hydrogen) atoms. The molecule has 2 rings (SSSR count). The molecule has 6 nitrogen and oxygen atoms in total. The standard InChI is InChI=1S/C13H15Cl2N3O3/c14-9-1-2-10(15)11(7-9)16-13(21)18-5-3-17(4-6-18)8-12(19)20/h1-2,7H,3-6,8H2,(H,16,21)(H,19,20). The maximum absolute atomic E-state index is 12.1. The lowest BCUT2D eigenvalue weighted by Crippen LogP contribution is -2.51. The smallest absolute Gasteiger partial charge is 0.321 e. The third-order valence-electron chi connectivity index (χ3n) is 3.19. The zero-order chi connectivity index (χ0) is 15.4. The predicted molar refractivity (Wildman–Crippen MR) is 81.1 cm³/mol. The second-order valence-corrected chi connectivity index (χ2v) is 5.55. The minimum atomic E-state index is -0.862. The van der Waals surface area contributed by atoms with Gasteiger partial charge in [-0.1, -0.05) is 23.2 Å². The lowest BCUT2D eigenvalue weighted by atomic mass is 10.3. The van der Waals surface area contributed by atoms with Crippen molar-refractivity contribution in [3.8, 4) is 0 Å². The summed E-state index contributed by atoms with van der Waals surface area (Å²) < 4.78 is 0. The Labute approximate surface area is 132 Å². The first kappa shape index (κ1) is 15.9. The number of hydrogen-bond donors (Lipinski definition) is 2. The van der Waals surface area contributed by atoms with Gasteiger partial charge in [-0.05, 0) is 18.2 Å². The van der Waals surface area contributed by atoms with Crippen molar-refractivity contribution in [2.45, 2.75) is 0 Å². The molecule has 0 saturated carbocycles. The number of nitrogens with zero attached hydrogens (tertiary/aromatic N) is 2. The lowest BCUT2D eigenvalue weighted by Gasteiger charge is -2.33. The summed E-state index contributed by atoms with van der Waals surface area (Å²) in [4.78, 5) is 26.2. The van der Waals surface area contributed by atoms with E-state index in [1.54, 1.807) is 28.0 Å². The molecule has 0 aromatic heterocycles. The van der Waals surface area contributed by atoms with Crippen LogP contribution < -0.4 is 5.32 Å². The van der Waals surface area contributed by atoms with Crippen molar-refractivity contribution in [2.75, 3.05) is 38.0 Å². The first-order valence-corrected chi connectivity index (χ1v) is 7.16. The Kier molecular flexibility index (Phi) is 5.27. The van der Waals surface area contributed by atoms with Gasteiger partial charge >= 0.3 is 12.0 Å². The maximum atomic E-state index is 12.1. The van der Waals surface area contributed by atoms with Crippen LogP contribution in [0.2, 0.25) is 10.0 Å². The number of benzene rings is 1. The molecule has 1 aliphatic rings. The number of carbonyl (C=O) groups excluding carboxylic acids is 1. The zero-order valence-corrected chi connectivity index (χ0v) is 12.7. The van der Waals surface area contributed by atoms with Crippen LogP contribution in [0.4, 0.5) is 10.5 Å². The van der Waals surface area contributed by atoms with E-state index in [0.717, 1.165) is 0 Å². The number of amides is 2. The minimum Gasteiger partial charge on any atom is -0.480 e. The number of nitrogens with one attached hydrogen (secondary N) is 1. The van der Waals surface area contributed by atoms with Gasteiger partial charge in [-0.3, -0.25) is 9.69 Å². The van der Waals surface area contributed by atoms with Gasteiger partial charge in [-0.15, -0.1) is 0 Å². The Bertz CT molecular complexity index is 545. The second-order valence-electron chi connectivity index (χ2n) is 4.71. The van der Waals surface area contributed by atoms with Gasteiger partial charge < -0.3 is 15.3 Å². The fraction of sp³-hybridized carbons (Fsp3) is 0.385. The number of aliphatic carboxylic acids is 1. The zero-order valence-electron chi connectivity index (χ0n) is 11.2. The van der Waals surface area contributed by atoms with E-state index in [9.17, 15) is 9.59 Å². The van der Waals surface area contributed by atoms with E-state index in [-0.39, 0.29) is 12.6 Å². The van der Waals surface area contributed by atoms with Gasteiger partial charge in [0.15, 0.2) is 0 Å². The van der Waals surface area contributed by atoms with Crippen LogP contribution in [0, 0.1) is 0 Å². The molecule has 2 N–H and O–H groups in total. The van der Waals surface area contributed by atoms with Crippen LogP contribution in [-0.2, 0) is 4.79 Å². The Hall–Kier alpha value is -1.50. The van der Waals surface area contributed by atoms with Crippen LogP contribution in [0.5, 0.6) is 0 Å². The van der Waals surface area contributed by atoms with Crippen molar-refractivity contribution in [3.63, 3.8) is 0 Å². The molecule has 1 saturated heterocycles. The number of carboxylic acid groups (broad SMARTS) is 1. The van der Waals surface area contributed by atoms with Gasteiger partial charge in [-0.2, -0.15) is 0 Å². The summed E-state index contributed by atoms with van der Waals surface area (Å²) >= 11 is 11.9. The van der Waals surface area contributed by atoms with E-state index in [0.29, 0.717) is 41.9 Å². The van der Waals surface area contributed by atoms with Gasteiger partial charge in [0.05, 0.1) is 17.3 Å². The summed E-state index contributed by atoms with van der Waals surface area (Å²) in [5.41, 5.74) is 0.460. The molecule has 0 bridgehead atoms. The van der Waals surface area contributed by atoms with E-state index >= 15 is 0 Å². The largest absolute Gasteiger partial charge is 0.480 e. The number of carbonyl (C=O) groups is 2. The number of urea groups is 1. The summed E-state index contributed by atoms with van der Waals surface area (Å²) in [5, 5.41) is 12.3. The molecule has 1 fully saturated rings. The Morgan fingerprint density at radius 1 is 1.19 bits per heavy atom. The van der Waals surface area contributed by atoms with Crippen molar-refractivity contribution < 1.29 is 14.7 Å². The molecule has 0 spiro atoms. The second kappa shape index (κ2) is 6.98. The highest BCUT2D eigenvalue weighted by Crippen LogP contribution is 2.25. The van der Waals surface area contributed by atoms with Crippen molar-refractivity contribution in [1.82, 2.24) is 9.80 Å². The van der Waals surface area contributed by atoms with Gasteiger partial charge in [0.2, 0.25) is 0 Å². The van der Waals surface area contributed by atoms with Crippen LogP contribution in [0.1, 0.15) is 0 Å². The quantitative estimate of drug-likeness (QED) is 0.890. The number of anilines is 1. The van der Waals surface area contributed by atoms with Crippen molar-refractivity contribution in [2.24, 2.45) is 0 Å². The molecule has 1 aromatic carbocycles. The fourth-order valence-corrected chi connectivity index (χ4v) is 2.42. The molecule has 0 aliphatic carbocycles. The molecule has 0 radical (unpaired) electrons. The third kappa shape index (κ3) is 4.49. The van der Waals surface area contributed by atoms with E-state index in [2.05, 4.69) is 5.32 Å². The van der Waals surface area contributed by atoms with Crippen LogP contribution in [0.3, 0.4) is 0 Å². The average molecular weight is 332 g/mol. The monoisotopic (exact) mass is 331 g/mol. The molecule has 1 aliphatic heterocycles. The number of halogens is 2. The molecular formula is C13H15Cl2N3O3. The van der Waals surface area contributed by atoms with Crippen molar-refractivity contribution >= 4 is 40.9 Å². The number of hydrogen-bond acceptors (Lipinski definition) is 3. The topological polar surface area (TPSA) is 72.9 Å². The van der Waals surface area contributed by atoms with Gasteiger partial charge in [0.1, 0.15) is 0 Å². The van der Waals surface area contributed by atoms with Crippen LogP contribution in [0.15, 0.2) is 18.2 Å². The van der Waals surface area contributed by atoms with Crippen molar-refractivity contribution in [3.05, 3.63) is 28.2 Å². The third-order valence-corrected chi connectivity index (χ3v) is 3.75. The number of piperazine rings is 1. The van der Waals surface area contributed by atoms with Crippen molar-refractivity contribution in [1.29, 1.82) is 0 Å². The highest BCUT2D eigenvalue weighted by atomic mass is 35.5. The van der Waals surface area contributed by atoms with Gasteiger partial charge in [0, 0.05) is 31.2 Å². The summed E-state index contributed by atoms with van der Waals surface area (Å²) in [6.07, 6.45) is 0. The molecule has 1 heterocycles. The van der Waals surface area contributed by atoms with E-state index in [4.69, 9.17) is 28.3 Å². The molecule has 8 heteroatoms. The van der Waals surface area contributed by atoms with E-state index in [1.165, 1.54) is 0 Å². The Morgan fingerprint density at radius 2 is 1.86 bits per heavy atom. The van der Waals surface area contributed by atoms with Gasteiger partial charge in [-0.25, -0.2) is 4.79 Å². The first-order valence-electron chi connectivity index (χ1n) is 6.41. The highest BCUT2D eigenvalue weighted by molar-refractivity contribution is 6.35. The van der Waals surface area contributed by atoms with Gasteiger partial charge in [0.25, 0.3) is 0 Å². The van der Waals surface area contributed by atoms with Crippen LogP contribution in [-0.4, -0.2) is 59.6 Å². The average Bonchev–Trinajstić information content (AvgIpc) is 2.43. The van der Waals surface area contributed by atoms with E-state index in [1.807, 2.05) is 0 Å². The molecule has 0 atom stereocenters. The number of rotatable bonds is 3. The number of carboxylic acids is 1. The molecular weight excluding hydrogens is 317 g/mol. The Balaban J connectivity index is 1.90. The maximum Gasteiger partial charge on any atom is 0.321 e. The normalized spacial score (nSPS) is 15.8. The highest BCUT2D eigenvalue weighted by Gasteiger charge is 2.22. The molecule has 0 unspecified atom stereocenters. The lowest BCUT2D eigenvalue weighted by molar-refractivity contribution is -0.138. The predicted octanol–water partition coefficient (Wildman–Crippen LogP) is 2.23. The van der Waals surface area contributed by atoms with E-state index < -0.39 is 5.97 Å². The van der Waals surface area contributed by atoms with Crippen LogP contribution in [0.25, 0.3) is 0 Å². The molecule has 1 aromatic rings.